The van der Waals surface area contributed by atoms with Gasteiger partial charge >= 0.3 is 10.3 Å². The predicted molar refractivity (Wildman–Crippen MR) is 192 cm³/mol. The maximum absolute atomic E-state index is 16.0. The summed E-state index contributed by atoms with van der Waals surface area (Å²) in [5.41, 5.74) is 0.917. The highest BCUT2D eigenvalue weighted by atomic mass is 32.2. The highest BCUT2D eigenvalue weighted by Gasteiger charge is 2.50. The number of hydrogen-bond donors (Lipinski definition) is 5. The Hall–Kier alpha value is -5.95. The van der Waals surface area contributed by atoms with Crippen LogP contribution in [0.3, 0.4) is 0 Å². The van der Waals surface area contributed by atoms with Crippen molar-refractivity contribution in [2.75, 3.05) is 23.8 Å². The first-order valence-electron chi connectivity index (χ1n) is 17.2. The fourth-order valence-corrected chi connectivity index (χ4v) is 7.40. The van der Waals surface area contributed by atoms with Gasteiger partial charge in [-0.3, -0.25) is 18.7 Å². The number of hydrogen-bond acceptors (Lipinski definition) is 15. The average Bonchev–Trinajstić information content (AvgIpc) is 3.99. The van der Waals surface area contributed by atoms with E-state index in [0.29, 0.717) is 11.1 Å². The van der Waals surface area contributed by atoms with Crippen LogP contribution in [0.2, 0.25) is 0 Å². The number of alkyl halides is 2. The van der Waals surface area contributed by atoms with Gasteiger partial charge in [0.25, 0.3) is 11.8 Å². The van der Waals surface area contributed by atoms with Crippen molar-refractivity contribution < 1.29 is 50.7 Å². The molecule has 2 aliphatic heterocycles. The van der Waals surface area contributed by atoms with E-state index >= 15 is 8.78 Å². The summed E-state index contributed by atoms with van der Waals surface area (Å²) >= 11 is 0. The molecule has 2 fully saturated rings. The molecule has 4 aromatic heterocycles. The van der Waals surface area contributed by atoms with Crippen LogP contribution in [0, 0.1) is 0 Å². The van der Waals surface area contributed by atoms with Crippen LogP contribution in [0.15, 0.2) is 86.0 Å². The van der Waals surface area contributed by atoms with Crippen molar-refractivity contribution in [3.8, 4) is 0 Å². The van der Waals surface area contributed by atoms with Crippen LogP contribution in [0.25, 0.3) is 22.3 Å². The zero-order chi connectivity index (χ0) is 39.8. The number of nitrogens with zero attached hydrogens (tertiary/aromatic N) is 8. The van der Waals surface area contributed by atoms with Crippen LogP contribution in [0.4, 0.5) is 20.4 Å². The number of anilines is 2. The molecule has 0 unspecified atom stereocenters. The second-order valence-corrected chi connectivity index (χ2v) is 14.2. The summed E-state index contributed by atoms with van der Waals surface area (Å²) < 4.78 is 78.6. The van der Waals surface area contributed by atoms with Gasteiger partial charge in [0.1, 0.15) is 37.1 Å². The molecule has 23 heteroatoms. The van der Waals surface area contributed by atoms with Crippen LogP contribution >= 0.6 is 0 Å². The molecule has 2 aromatic carbocycles. The fourth-order valence-electron chi connectivity index (χ4n) is 6.44. The maximum atomic E-state index is 16.0. The first kappa shape index (κ1) is 37.9. The van der Waals surface area contributed by atoms with Gasteiger partial charge in [-0.2, -0.15) is 13.1 Å². The number of nitrogens with one attached hydrogen (secondary N) is 3. The molecule has 6 heterocycles. The summed E-state index contributed by atoms with van der Waals surface area (Å²) in [5.74, 6) is -0.931. The molecule has 6 aromatic rings. The van der Waals surface area contributed by atoms with Gasteiger partial charge in [0.15, 0.2) is 58.8 Å². The molecule has 8 atom stereocenters. The quantitative estimate of drug-likeness (QED) is 0.116. The fraction of sp³-hybridized carbons (Fsp3) is 0.294. The van der Waals surface area contributed by atoms with E-state index in [0.717, 1.165) is 28.1 Å². The van der Waals surface area contributed by atoms with E-state index < -0.39 is 84.5 Å². The zero-order valence-electron chi connectivity index (χ0n) is 29.1. The molecule has 0 aliphatic carbocycles. The van der Waals surface area contributed by atoms with E-state index in [1.807, 2.05) is 4.72 Å². The molecule has 0 bridgehead atoms. The first-order valence-corrected chi connectivity index (χ1v) is 18.6. The number of halogens is 2. The van der Waals surface area contributed by atoms with Gasteiger partial charge in [0.05, 0.1) is 19.3 Å². The number of aromatic nitrogens is 8. The monoisotopic (exact) mass is 807 g/mol. The van der Waals surface area contributed by atoms with Gasteiger partial charge in [-0.05, 0) is 24.3 Å². The second-order valence-electron chi connectivity index (χ2n) is 12.8. The van der Waals surface area contributed by atoms with Crippen LogP contribution in [-0.4, -0.2) is 119 Å². The number of carbonyl (C=O) groups excluding carboxylic acids is 2. The van der Waals surface area contributed by atoms with E-state index in [4.69, 9.17) is 13.7 Å². The SMILES string of the molecule is O=C(Nc1ncnc2c1ncn2[C@@H]1O[C@H](CNS(=O)(=O)O[C@H]2[C@@H](F)[C@H](n3cnc4c(NC(=O)c5ccccc5)ncnc43)O[C@@H]2CO)[C@@H](O)[C@H]1F)c1ccccc1. The number of aliphatic hydroxyl groups is 2. The van der Waals surface area contributed by atoms with Crippen molar-refractivity contribution in [3.05, 3.63) is 97.1 Å². The average molecular weight is 808 g/mol. The smallest absolute Gasteiger partial charge is 0.336 e. The highest BCUT2D eigenvalue weighted by Crippen LogP contribution is 2.37. The minimum absolute atomic E-state index is 0.0138. The summed E-state index contributed by atoms with van der Waals surface area (Å²) in [7, 11) is -4.87. The van der Waals surface area contributed by atoms with Crippen molar-refractivity contribution in [2.45, 2.75) is 49.2 Å². The lowest BCUT2D eigenvalue weighted by Gasteiger charge is -2.20. The van der Waals surface area contributed by atoms with Crippen molar-refractivity contribution >= 4 is 56.1 Å². The number of fused-ring (bicyclic) bond motifs is 2. The van der Waals surface area contributed by atoms with Crippen LogP contribution in [-0.2, 0) is 24.0 Å². The molecular formula is C34H31F2N11O9S. The molecule has 0 saturated carbocycles. The Morgan fingerprint density at radius 1 is 0.737 bits per heavy atom. The van der Waals surface area contributed by atoms with E-state index in [1.165, 1.54) is 6.33 Å². The molecule has 20 nitrogen and oxygen atoms in total. The predicted octanol–water partition coefficient (Wildman–Crippen LogP) is 1.21. The van der Waals surface area contributed by atoms with Crippen molar-refractivity contribution in [1.82, 2.24) is 43.8 Å². The number of amides is 2. The number of imidazole rings is 2. The molecule has 2 saturated heterocycles. The van der Waals surface area contributed by atoms with Crippen molar-refractivity contribution in [3.63, 3.8) is 0 Å². The number of aliphatic hydroxyl groups excluding tert-OH is 2. The van der Waals surface area contributed by atoms with E-state index in [9.17, 15) is 28.2 Å². The number of rotatable bonds is 12. The Bertz CT molecular complexity index is 2530. The molecule has 8 rings (SSSR count). The summed E-state index contributed by atoms with van der Waals surface area (Å²) in [4.78, 5) is 50.2. The van der Waals surface area contributed by atoms with E-state index in [1.54, 1.807) is 60.7 Å². The topological polar surface area (TPSA) is 260 Å². The maximum Gasteiger partial charge on any atom is 0.336 e. The molecular weight excluding hydrogens is 777 g/mol. The summed E-state index contributed by atoms with van der Waals surface area (Å²) in [6.07, 6.45) is -9.63. The zero-order valence-corrected chi connectivity index (χ0v) is 29.9. The Kier molecular flexibility index (Phi) is 10.3. The van der Waals surface area contributed by atoms with Gasteiger partial charge < -0.3 is 30.3 Å². The third-order valence-electron chi connectivity index (χ3n) is 9.24. The highest BCUT2D eigenvalue weighted by molar-refractivity contribution is 7.84. The molecule has 0 radical (unpaired) electrons. The molecule has 5 N–H and O–H groups in total. The number of ether oxygens (including phenoxy) is 2. The standard InChI is InChI=1S/C34H31F2N11O9S/c35-21-25(49)19(54-33(21)46-15-41-23-27(37-13-39-29(23)46)44-31(50)17-7-3-1-4-8-17)11-43-57(52,53)56-26-20(12-48)55-34(22(26)36)47-16-42-24-28(38-14-40-30(24)47)45-32(51)18-9-5-2-6-10-18/h1-10,13-16,19-22,25-26,33-34,43,48-49H,11-12H2,(H,37,39,44,50)(H,38,40,45,51)/t19-,20-,21-,22-,25-,26-,33-,34-/m1/s1. The second kappa shape index (κ2) is 15.5. The normalized spacial score (nSPS) is 24.9. The third-order valence-corrected chi connectivity index (χ3v) is 10.2. The van der Waals surface area contributed by atoms with E-state index in [-0.39, 0.29) is 34.0 Å². The molecule has 0 spiro atoms. The van der Waals surface area contributed by atoms with Crippen molar-refractivity contribution in [1.29, 1.82) is 0 Å². The number of carbonyl (C=O) groups is 2. The van der Waals surface area contributed by atoms with Gasteiger partial charge in [-0.25, -0.2) is 42.9 Å². The number of benzene rings is 2. The lowest BCUT2D eigenvalue weighted by Crippen LogP contribution is -2.43. The lowest BCUT2D eigenvalue weighted by atomic mass is 10.1. The minimum atomic E-state index is -4.87. The Morgan fingerprint density at radius 3 is 1.74 bits per heavy atom. The first-order chi connectivity index (χ1) is 27.5. The summed E-state index contributed by atoms with van der Waals surface area (Å²) in [6.45, 7) is -1.58. The van der Waals surface area contributed by atoms with Crippen LogP contribution < -0.4 is 15.4 Å². The Morgan fingerprint density at radius 2 is 1.23 bits per heavy atom. The summed E-state index contributed by atoms with van der Waals surface area (Å²) in [5, 5.41) is 25.9. The minimum Gasteiger partial charge on any atom is -0.394 e. The van der Waals surface area contributed by atoms with E-state index in [2.05, 4.69) is 40.5 Å². The third kappa shape index (κ3) is 7.39. The Balaban J connectivity index is 0.927. The molecule has 2 aliphatic rings. The molecule has 57 heavy (non-hydrogen) atoms. The van der Waals surface area contributed by atoms with Crippen LogP contribution in [0.5, 0.6) is 0 Å². The van der Waals surface area contributed by atoms with Gasteiger partial charge in [0.2, 0.25) is 0 Å². The molecule has 296 valence electrons. The lowest BCUT2D eigenvalue weighted by molar-refractivity contribution is -0.0433. The van der Waals surface area contributed by atoms with Gasteiger partial charge in [-0.15, -0.1) is 0 Å². The molecule has 2 amide bonds. The summed E-state index contributed by atoms with van der Waals surface area (Å²) in [6, 6.07) is 16.6. The van der Waals surface area contributed by atoms with Crippen molar-refractivity contribution in [2.24, 2.45) is 0 Å². The largest absolute Gasteiger partial charge is 0.394 e. The van der Waals surface area contributed by atoms with Gasteiger partial charge in [0, 0.05) is 17.7 Å². The van der Waals surface area contributed by atoms with Gasteiger partial charge in [-0.1, -0.05) is 36.4 Å². The van der Waals surface area contributed by atoms with Crippen LogP contribution in [0.1, 0.15) is 33.2 Å². The Labute approximate surface area is 320 Å².